The van der Waals surface area contributed by atoms with Crippen molar-refractivity contribution in [2.45, 2.75) is 19.9 Å². The molecule has 0 saturated heterocycles. The molecule has 1 amide bonds. The number of nitrogens with one attached hydrogen (secondary N) is 1. The van der Waals surface area contributed by atoms with Gasteiger partial charge in [0.1, 0.15) is 12.3 Å². The summed E-state index contributed by atoms with van der Waals surface area (Å²) >= 11 is 11.2. The third-order valence-corrected chi connectivity index (χ3v) is 4.09. The number of hydrogen-bond acceptors (Lipinski definition) is 3. The Morgan fingerprint density at radius 1 is 1.48 bits per heavy atom. The molecule has 0 radical (unpaired) electrons. The standard InChI is InChI=1S/C17H18Cl2FN3O2/c1-3-13-7-14(23(2)22-13)17(24)21-9-11-5-4-6-15(16(11)20)25-10-12(19)8-18/h4-8H,3,9-10H2,1-2H3,(H,21,24). The van der Waals surface area contributed by atoms with E-state index in [1.54, 1.807) is 25.2 Å². The van der Waals surface area contributed by atoms with Crippen LogP contribution in [0.1, 0.15) is 28.7 Å². The van der Waals surface area contributed by atoms with Gasteiger partial charge in [-0.2, -0.15) is 5.10 Å². The van der Waals surface area contributed by atoms with E-state index < -0.39 is 5.82 Å². The second-order valence-corrected chi connectivity index (χ2v) is 5.96. The first-order valence-corrected chi connectivity index (χ1v) is 8.43. The maximum Gasteiger partial charge on any atom is 0.269 e. The lowest BCUT2D eigenvalue weighted by molar-refractivity contribution is 0.0941. The van der Waals surface area contributed by atoms with Gasteiger partial charge < -0.3 is 10.1 Å². The smallest absolute Gasteiger partial charge is 0.269 e. The zero-order valence-electron chi connectivity index (χ0n) is 13.9. The van der Waals surface area contributed by atoms with Crippen LogP contribution in [0.2, 0.25) is 0 Å². The van der Waals surface area contributed by atoms with E-state index >= 15 is 0 Å². The van der Waals surface area contributed by atoms with Gasteiger partial charge in [-0.1, -0.05) is 42.3 Å². The van der Waals surface area contributed by atoms with Gasteiger partial charge >= 0.3 is 0 Å². The SMILES string of the molecule is CCc1cc(C(=O)NCc2cccc(OCC(Cl)=CCl)c2F)n(C)n1. The van der Waals surface area contributed by atoms with Gasteiger partial charge in [0.15, 0.2) is 11.6 Å². The molecular weight excluding hydrogens is 368 g/mol. The zero-order valence-corrected chi connectivity index (χ0v) is 15.4. The van der Waals surface area contributed by atoms with E-state index in [1.807, 2.05) is 6.92 Å². The second-order valence-electron chi connectivity index (χ2n) is 5.25. The molecule has 2 rings (SSSR count). The van der Waals surface area contributed by atoms with Gasteiger partial charge in [-0.05, 0) is 18.6 Å². The average molecular weight is 386 g/mol. The summed E-state index contributed by atoms with van der Waals surface area (Å²) in [6.07, 6.45) is 0.731. The monoisotopic (exact) mass is 385 g/mol. The zero-order chi connectivity index (χ0) is 18.4. The minimum Gasteiger partial charge on any atom is -0.485 e. The Bertz CT molecular complexity index is 790. The molecule has 5 nitrogen and oxygen atoms in total. The van der Waals surface area contributed by atoms with Gasteiger partial charge in [0, 0.05) is 24.7 Å². The van der Waals surface area contributed by atoms with Gasteiger partial charge in [0.05, 0.1) is 10.7 Å². The molecule has 134 valence electrons. The summed E-state index contributed by atoms with van der Waals surface area (Å²) in [5, 5.41) is 7.16. The summed E-state index contributed by atoms with van der Waals surface area (Å²) in [6.45, 7) is 1.94. The number of benzene rings is 1. The van der Waals surface area contributed by atoms with Crippen molar-refractivity contribution in [2.75, 3.05) is 6.61 Å². The highest BCUT2D eigenvalue weighted by molar-refractivity contribution is 6.36. The largest absolute Gasteiger partial charge is 0.485 e. The van der Waals surface area contributed by atoms with Crippen molar-refractivity contribution in [1.82, 2.24) is 15.1 Å². The fraction of sp³-hybridized carbons (Fsp3) is 0.294. The molecule has 0 fully saturated rings. The Hall–Kier alpha value is -2.05. The molecule has 2 aromatic rings. The Kier molecular flexibility index (Phi) is 6.84. The molecule has 1 heterocycles. The number of ether oxygens (including phenoxy) is 1. The van der Waals surface area contributed by atoms with E-state index in [9.17, 15) is 9.18 Å². The maximum absolute atomic E-state index is 14.4. The van der Waals surface area contributed by atoms with Gasteiger partial charge in [0.2, 0.25) is 0 Å². The van der Waals surface area contributed by atoms with Crippen LogP contribution in [0, 0.1) is 5.82 Å². The Morgan fingerprint density at radius 3 is 2.88 bits per heavy atom. The third kappa shape index (κ3) is 4.96. The third-order valence-electron chi connectivity index (χ3n) is 3.49. The van der Waals surface area contributed by atoms with E-state index in [1.165, 1.54) is 10.7 Å². The van der Waals surface area contributed by atoms with Crippen LogP contribution < -0.4 is 10.1 Å². The highest BCUT2D eigenvalue weighted by Gasteiger charge is 2.15. The number of aryl methyl sites for hydroxylation is 2. The van der Waals surface area contributed by atoms with Crippen LogP contribution >= 0.6 is 23.2 Å². The summed E-state index contributed by atoms with van der Waals surface area (Å²) in [6, 6.07) is 6.40. The van der Waals surface area contributed by atoms with Crippen LogP contribution in [0.3, 0.4) is 0 Å². The first kappa shape index (κ1) is 19.3. The van der Waals surface area contributed by atoms with Gasteiger partial charge in [-0.25, -0.2) is 4.39 Å². The number of aromatic nitrogens is 2. The predicted octanol–water partition coefficient (Wildman–Crippen LogP) is 3.75. The normalized spacial score (nSPS) is 11.5. The van der Waals surface area contributed by atoms with E-state index in [4.69, 9.17) is 27.9 Å². The molecule has 0 saturated carbocycles. The predicted molar refractivity (Wildman–Crippen MR) is 95.4 cm³/mol. The van der Waals surface area contributed by atoms with E-state index in [0.717, 1.165) is 17.6 Å². The molecule has 1 aromatic heterocycles. The van der Waals surface area contributed by atoms with E-state index in [-0.39, 0.29) is 29.8 Å². The summed E-state index contributed by atoms with van der Waals surface area (Å²) in [5.41, 5.74) is 2.69. The van der Waals surface area contributed by atoms with Gasteiger partial charge in [0.25, 0.3) is 5.91 Å². The van der Waals surface area contributed by atoms with Crippen molar-refractivity contribution in [1.29, 1.82) is 0 Å². The first-order valence-electron chi connectivity index (χ1n) is 7.62. The summed E-state index contributed by atoms with van der Waals surface area (Å²) in [4.78, 5) is 12.3. The molecule has 0 unspecified atom stereocenters. The second kappa shape index (κ2) is 8.87. The molecule has 8 heteroatoms. The average Bonchev–Trinajstić information content (AvgIpc) is 3.00. The number of carbonyl (C=O) groups excluding carboxylic acids is 1. The van der Waals surface area contributed by atoms with Crippen molar-refractivity contribution in [3.05, 3.63) is 57.6 Å². The first-order chi connectivity index (χ1) is 12.0. The van der Waals surface area contributed by atoms with Crippen LogP contribution in [0.25, 0.3) is 0 Å². The number of amides is 1. The van der Waals surface area contributed by atoms with Crippen molar-refractivity contribution in [2.24, 2.45) is 7.05 Å². The van der Waals surface area contributed by atoms with Crippen molar-refractivity contribution in [3.8, 4) is 5.75 Å². The quantitative estimate of drug-likeness (QED) is 0.789. The lowest BCUT2D eigenvalue weighted by Crippen LogP contribution is -2.25. The number of nitrogens with zero attached hydrogens (tertiary/aromatic N) is 2. The molecule has 1 aromatic carbocycles. The fourth-order valence-corrected chi connectivity index (χ4v) is 2.28. The van der Waals surface area contributed by atoms with Crippen LogP contribution in [-0.2, 0) is 20.0 Å². The minimum atomic E-state index is -0.555. The minimum absolute atomic E-state index is 0.0214. The molecule has 0 bridgehead atoms. The Labute approximate surface area is 155 Å². The summed E-state index contributed by atoms with van der Waals surface area (Å²) in [5.74, 6) is -0.841. The Balaban J connectivity index is 2.05. The molecule has 0 aliphatic carbocycles. The highest BCUT2D eigenvalue weighted by atomic mass is 35.5. The lowest BCUT2D eigenvalue weighted by Gasteiger charge is -2.10. The maximum atomic E-state index is 14.4. The molecule has 0 atom stereocenters. The van der Waals surface area contributed by atoms with Crippen molar-refractivity contribution in [3.63, 3.8) is 0 Å². The van der Waals surface area contributed by atoms with Crippen molar-refractivity contribution < 1.29 is 13.9 Å². The summed E-state index contributed by atoms with van der Waals surface area (Å²) < 4.78 is 21.2. The number of hydrogen-bond donors (Lipinski definition) is 1. The molecule has 0 aliphatic heterocycles. The van der Waals surface area contributed by atoms with Crippen LogP contribution in [-0.4, -0.2) is 22.3 Å². The fourth-order valence-electron chi connectivity index (χ4n) is 2.16. The van der Waals surface area contributed by atoms with Crippen LogP contribution in [0.5, 0.6) is 5.75 Å². The molecule has 1 N–H and O–H groups in total. The molecule has 25 heavy (non-hydrogen) atoms. The van der Waals surface area contributed by atoms with Crippen LogP contribution in [0.4, 0.5) is 4.39 Å². The van der Waals surface area contributed by atoms with E-state index in [0.29, 0.717) is 11.3 Å². The van der Waals surface area contributed by atoms with Crippen molar-refractivity contribution >= 4 is 29.1 Å². The number of halogens is 3. The van der Waals surface area contributed by atoms with Gasteiger partial charge in [-0.15, -0.1) is 0 Å². The van der Waals surface area contributed by atoms with Crippen LogP contribution in [0.15, 0.2) is 34.8 Å². The number of carbonyl (C=O) groups is 1. The highest BCUT2D eigenvalue weighted by Crippen LogP contribution is 2.21. The molecular formula is C17H18Cl2FN3O2. The van der Waals surface area contributed by atoms with Gasteiger partial charge in [-0.3, -0.25) is 9.48 Å². The summed E-state index contributed by atoms with van der Waals surface area (Å²) in [7, 11) is 1.69. The Morgan fingerprint density at radius 2 is 2.24 bits per heavy atom. The molecule has 0 aliphatic rings. The number of rotatable bonds is 7. The molecule has 0 spiro atoms. The topological polar surface area (TPSA) is 56.1 Å². The van der Waals surface area contributed by atoms with E-state index in [2.05, 4.69) is 10.4 Å². The lowest BCUT2D eigenvalue weighted by atomic mass is 10.2.